The molecule has 1 aliphatic rings. The highest BCUT2D eigenvalue weighted by Crippen LogP contribution is 2.32. The van der Waals surface area contributed by atoms with Crippen LogP contribution < -0.4 is 10.3 Å². The second-order valence-corrected chi connectivity index (χ2v) is 12.0. The number of hydrogen-bond acceptors (Lipinski definition) is 6. The fourth-order valence-corrected chi connectivity index (χ4v) is 6.33. The maximum absolute atomic E-state index is 14.5. The summed E-state index contributed by atoms with van der Waals surface area (Å²) in [6, 6.07) is 10.2. The Hall–Kier alpha value is -3.92. The molecule has 0 saturated carbocycles. The molecular formula is C33H36F2N4O3S. The number of likely N-dealkylation sites (tertiary alicyclic amines) is 1. The van der Waals surface area contributed by atoms with Crippen LogP contribution in [0.25, 0.3) is 27.5 Å². The Labute approximate surface area is 254 Å². The maximum Gasteiger partial charge on any atom is 0.280 e. The molecular weight excluding hydrogens is 570 g/mol. The molecule has 43 heavy (non-hydrogen) atoms. The van der Waals surface area contributed by atoms with Gasteiger partial charge in [-0.15, -0.1) is 11.3 Å². The van der Waals surface area contributed by atoms with Crippen molar-refractivity contribution >= 4 is 17.2 Å². The smallest absolute Gasteiger partial charge is 0.280 e. The number of aromatic nitrogens is 3. The van der Waals surface area contributed by atoms with Gasteiger partial charge in [0, 0.05) is 42.0 Å². The number of thiazole rings is 1. The van der Waals surface area contributed by atoms with Gasteiger partial charge in [-0.2, -0.15) is 0 Å². The van der Waals surface area contributed by atoms with Crippen LogP contribution in [0.1, 0.15) is 73.8 Å². The highest BCUT2D eigenvalue weighted by Gasteiger charge is 2.28. The summed E-state index contributed by atoms with van der Waals surface area (Å²) in [7, 11) is 1.59. The third-order valence-electron chi connectivity index (χ3n) is 7.73. The van der Waals surface area contributed by atoms with Gasteiger partial charge in [0.05, 0.1) is 29.6 Å². The minimum Gasteiger partial charge on any atom is -0.497 e. The lowest BCUT2D eigenvalue weighted by Gasteiger charge is -2.29. The zero-order valence-corrected chi connectivity index (χ0v) is 25.7. The summed E-state index contributed by atoms with van der Waals surface area (Å²) in [5.74, 6) is 0.699. The predicted molar refractivity (Wildman–Crippen MR) is 166 cm³/mol. The van der Waals surface area contributed by atoms with Gasteiger partial charge >= 0.3 is 0 Å². The minimum absolute atomic E-state index is 0.0881. The molecule has 0 radical (unpaired) electrons. The van der Waals surface area contributed by atoms with Crippen LogP contribution in [0.3, 0.4) is 0 Å². The predicted octanol–water partition coefficient (Wildman–Crippen LogP) is 7.36. The van der Waals surface area contributed by atoms with Crippen molar-refractivity contribution < 1.29 is 18.3 Å². The maximum atomic E-state index is 14.5. The normalized spacial score (nSPS) is 13.6. The van der Waals surface area contributed by atoms with Crippen molar-refractivity contribution in [3.05, 3.63) is 80.8 Å². The summed E-state index contributed by atoms with van der Waals surface area (Å²) in [5, 5.41) is 2.21. The Morgan fingerprint density at radius 2 is 1.86 bits per heavy atom. The monoisotopic (exact) mass is 606 g/mol. The molecule has 0 atom stereocenters. The molecule has 1 aromatic carbocycles. The number of halogens is 2. The fraction of sp³-hybridized carbons (Fsp3) is 0.394. The molecule has 4 aromatic rings. The van der Waals surface area contributed by atoms with E-state index < -0.39 is 6.43 Å². The molecule has 1 fully saturated rings. The van der Waals surface area contributed by atoms with Gasteiger partial charge in [-0.25, -0.2) is 13.8 Å². The van der Waals surface area contributed by atoms with E-state index in [4.69, 9.17) is 9.72 Å². The van der Waals surface area contributed by atoms with E-state index in [1.807, 2.05) is 30.0 Å². The molecule has 0 aliphatic carbocycles. The van der Waals surface area contributed by atoms with E-state index >= 15 is 0 Å². The summed E-state index contributed by atoms with van der Waals surface area (Å²) in [5.41, 5.74) is 3.60. The van der Waals surface area contributed by atoms with Crippen molar-refractivity contribution in [2.75, 3.05) is 20.2 Å². The lowest BCUT2D eigenvalue weighted by molar-refractivity contribution is 0.0722. The van der Waals surface area contributed by atoms with Gasteiger partial charge in [-0.05, 0) is 67.9 Å². The quantitative estimate of drug-likeness (QED) is 0.199. The highest BCUT2D eigenvalue weighted by molar-refractivity contribution is 7.13. The zero-order chi connectivity index (χ0) is 30.7. The Morgan fingerprint density at radius 1 is 1.09 bits per heavy atom. The molecule has 0 unspecified atom stereocenters. The van der Waals surface area contributed by atoms with E-state index in [0.717, 1.165) is 24.8 Å². The van der Waals surface area contributed by atoms with Crippen LogP contribution in [0, 0.1) is 5.92 Å². The van der Waals surface area contributed by atoms with E-state index in [2.05, 4.69) is 18.8 Å². The number of nitrogens with zero attached hydrogens (tertiary/aromatic N) is 4. The average molecular weight is 607 g/mol. The standard InChI is InChI=1S/C33H36F2N4O3S/c1-5-21-9-11-23(42-4)16-28(21)39-29(15-20(2)3)24(32(40)38-13-7-6-8-14-38)17-25(33(39)41)31-37-27(19-43-31)22-10-12-26(30(34)35)36-18-22/h9-12,16-20,30H,5-8,13-15H2,1-4H3. The Bertz CT molecular complexity index is 1660. The van der Waals surface area contributed by atoms with Crippen LogP contribution in [0.4, 0.5) is 8.78 Å². The number of benzene rings is 1. The first-order valence-electron chi connectivity index (χ1n) is 14.7. The average Bonchev–Trinajstić information content (AvgIpc) is 3.51. The van der Waals surface area contributed by atoms with Crippen LogP contribution in [0.2, 0.25) is 0 Å². The van der Waals surface area contributed by atoms with Crippen LogP contribution >= 0.6 is 11.3 Å². The fourth-order valence-electron chi connectivity index (χ4n) is 5.50. The number of pyridine rings is 2. The first kappa shape index (κ1) is 30.5. The first-order valence-corrected chi connectivity index (χ1v) is 15.6. The molecule has 7 nitrogen and oxygen atoms in total. The SMILES string of the molecule is CCc1ccc(OC)cc1-n1c(CC(C)C)c(C(=O)N2CCCCC2)cc(-c2nc(-c3ccc(C(F)F)nc3)cs2)c1=O. The third-order valence-corrected chi connectivity index (χ3v) is 8.61. The largest absolute Gasteiger partial charge is 0.497 e. The molecule has 3 aromatic heterocycles. The molecule has 1 saturated heterocycles. The Balaban J connectivity index is 1.74. The van der Waals surface area contributed by atoms with Gasteiger partial charge in [0.1, 0.15) is 16.5 Å². The van der Waals surface area contributed by atoms with Gasteiger partial charge in [0.25, 0.3) is 17.9 Å². The number of methoxy groups -OCH3 is 1. The molecule has 1 aliphatic heterocycles. The molecule has 0 N–H and O–H groups in total. The number of ether oxygens (including phenoxy) is 1. The number of hydrogen-bond donors (Lipinski definition) is 0. The van der Waals surface area contributed by atoms with Gasteiger partial charge in [-0.1, -0.05) is 26.8 Å². The summed E-state index contributed by atoms with van der Waals surface area (Å²) in [4.78, 5) is 39.2. The summed E-state index contributed by atoms with van der Waals surface area (Å²) < 4.78 is 33.3. The highest BCUT2D eigenvalue weighted by atomic mass is 32.1. The summed E-state index contributed by atoms with van der Waals surface area (Å²) in [6.45, 7) is 7.53. The van der Waals surface area contributed by atoms with Crippen LogP contribution in [-0.4, -0.2) is 45.5 Å². The number of amides is 1. The van der Waals surface area contributed by atoms with E-state index in [1.165, 1.54) is 23.6 Å². The van der Waals surface area contributed by atoms with E-state index in [0.29, 0.717) is 70.5 Å². The third kappa shape index (κ3) is 6.39. The molecule has 4 heterocycles. The van der Waals surface area contributed by atoms with Gasteiger partial charge in [-0.3, -0.25) is 19.1 Å². The minimum atomic E-state index is -2.66. The molecule has 10 heteroatoms. The van der Waals surface area contributed by atoms with E-state index in [9.17, 15) is 18.4 Å². The van der Waals surface area contributed by atoms with Crippen molar-refractivity contribution in [3.63, 3.8) is 0 Å². The van der Waals surface area contributed by atoms with Crippen molar-refractivity contribution in [3.8, 4) is 33.3 Å². The lowest BCUT2D eigenvalue weighted by Crippen LogP contribution is -2.38. The van der Waals surface area contributed by atoms with Crippen molar-refractivity contribution in [1.82, 2.24) is 19.4 Å². The Morgan fingerprint density at radius 3 is 2.49 bits per heavy atom. The number of carbonyl (C=O) groups excluding carboxylic acids is 1. The second-order valence-electron chi connectivity index (χ2n) is 11.2. The number of rotatable bonds is 9. The summed E-state index contributed by atoms with van der Waals surface area (Å²) >= 11 is 1.27. The molecule has 0 spiro atoms. The molecule has 0 bridgehead atoms. The lowest BCUT2D eigenvalue weighted by atomic mass is 9.98. The number of aryl methyl sites for hydroxylation is 1. The molecule has 5 rings (SSSR count). The van der Waals surface area contributed by atoms with Gasteiger partial charge in [0.15, 0.2) is 0 Å². The van der Waals surface area contributed by atoms with Crippen molar-refractivity contribution in [2.45, 2.75) is 59.3 Å². The van der Waals surface area contributed by atoms with Crippen molar-refractivity contribution in [1.29, 1.82) is 0 Å². The number of carbonyl (C=O) groups is 1. The number of alkyl halides is 2. The van der Waals surface area contributed by atoms with E-state index in [-0.39, 0.29) is 23.1 Å². The van der Waals surface area contributed by atoms with E-state index in [1.54, 1.807) is 29.2 Å². The van der Waals surface area contributed by atoms with Crippen LogP contribution in [-0.2, 0) is 12.8 Å². The first-order chi connectivity index (χ1) is 20.7. The van der Waals surface area contributed by atoms with Crippen LogP contribution in [0.15, 0.2) is 52.8 Å². The van der Waals surface area contributed by atoms with Gasteiger partial charge in [0.2, 0.25) is 0 Å². The Kier molecular flexibility index (Phi) is 9.34. The van der Waals surface area contributed by atoms with Crippen LogP contribution in [0.5, 0.6) is 5.75 Å². The molecule has 226 valence electrons. The molecule has 1 amide bonds. The van der Waals surface area contributed by atoms with Gasteiger partial charge < -0.3 is 9.64 Å². The number of piperidine rings is 1. The summed E-state index contributed by atoms with van der Waals surface area (Å²) in [6.07, 6.45) is 2.88. The second kappa shape index (κ2) is 13.2. The zero-order valence-electron chi connectivity index (χ0n) is 24.9. The van der Waals surface area contributed by atoms with Crippen molar-refractivity contribution in [2.24, 2.45) is 5.92 Å². The topological polar surface area (TPSA) is 77.3 Å².